The third kappa shape index (κ3) is 1.70. The number of aryl methyl sites for hydroxylation is 1. The van der Waals surface area contributed by atoms with Crippen molar-refractivity contribution in [2.45, 2.75) is 6.92 Å². The van der Waals surface area contributed by atoms with Crippen molar-refractivity contribution < 1.29 is 0 Å². The zero-order valence-corrected chi connectivity index (χ0v) is 9.97. The molecule has 18 heavy (non-hydrogen) atoms. The fourth-order valence-corrected chi connectivity index (χ4v) is 2.10. The molecule has 0 fully saturated rings. The zero-order chi connectivity index (χ0) is 12.5. The van der Waals surface area contributed by atoms with Crippen LogP contribution in [0.3, 0.4) is 0 Å². The number of hydrogen-bond donors (Lipinski definition) is 1. The van der Waals surface area contributed by atoms with Crippen LogP contribution in [-0.4, -0.2) is 9.97 Å². The van der Waals surface area contributed by atoms with E-state index < -0.39 is 0 Å². The van der Waals surface area contributed by atoms with Crippen molar-refractivity contribution >= 4 is 10.9 Å². The van der Waals surface area contributed by atoms with E-state index in [0.717, 1.165) is 22.0 Å². The average Bonchev–Trinajstić information content (AvgIpc) is 2.41. The maximum atomic E-state index is 11.4. The Bertz CT molecular complexity index is 769. The Morgan fingerprint density at radius 3 is 2.83 bits per heavy atom. The summed E-state index contributed by atoms with van der Waals surface area (Å²) in [6, 6.07) is 11.9. The molecule has 0 amide bonds. The lowest BCUT2D eigenvalue weighted by molar-refractivity contribution is 1.18. The van der Waals surface area contributed by atoms with Gasteiger partial charge in [-0.1, -0.05) is 18.2 Å². The number of nitrogens with one attached hydrogen (secondary N) is 1. The molecule has 0 unspecified atom stereocenters. The lowest BCUT2D eigenvalue weighted by Crippen LogP contribution is -2.07. The lowest BCUT2D eigenvalue weighted by Gasteiger charge is -2.06. The van der Waals surface area contributed by atoms with Gasteiger partial charge in [-0.3, -0.25) is 9.78 Å². The SMILES string of the molecule is Cc1cc(-c2ccnc3ccccc23)c[nH]c1=O. The van der Waals surface area contributed by atoms with Crippen LogP contribution in [0, 0.1) is 6.92 Å². The molecule has 0 spiro atoms. The largest absolute Gasteiger partial charge is 0.328 e. The normalized spacial score (nSPS) is 10.7. The Labute approximate surface area is 104 Å². The van der Waals surface area contributed by atoms with E-state index >= 15 is 0 Å². The van der Waals surface area contributed by atoms with Gasteiger partial charge < -0.3 is 4.98 Å². The van der Waals surface area contributed by atoms with Gasteiger partial charge in [0.15, 0.2) is 0 Å². The standard InChI is InChI=1S/C15H12N2O/c1-10-8-11(9-17-15(10)18)12-6-7-16-14-5-3-2-4-13(12)14/h2-9H,1H3,(H,17,18). The van der Waals surface area contributed by atoms with Gasteiger partial charge in [-0.05, 0) is 36.2 Å². The van der Waals surface area contributed by atoms with Crippen molar-refractivity contribution in [3.8, 4) is 11.1 Å². The van der Waals surface area contributed by atoms with Crippen molar-refractivity contribution in [2.24, 2.45) is 0 Å². The summed E-state index contributed by atoms with van der Waals surface area (Å²) in [5, 5.41) is 1.09. The molecule has 2 heterocycles. The van der Waals surface area contributed by atoms with E-state index in [1.165, 1.54) is 0 Å². The highest BCUT2D eigenvalue weighted by atomic mass is 16.1. The summed E-state index contributed by atoms with van der Waals surface area (Å²) in [5.74, 6) is 0. The summed E-state index contributed by atoms with van der Waals surface area (Å²) in [5.41, 5.74) is 3.72. The Morgan fingerprint density at radius 2 is 2.00 bits per heavy atom. The van der Waals surface area contributed by atoms with E-state index in [0.29, 0.717) is 5.56 Å². The van der Waals surface area contributed by atoms with E-state index in [4.69, 9.17) is 0 Å². The molecular weight excluding hydrogens is 224 g/mol. The number of aromatic amines is 1. The van der Waals surface area contributed by atoms with Gasteiger partial charge in [-0.2, -0.15) is 0 Å². The quantitative estimate of drug-likeness (QED) is 0.706. The average molecular weight is 236 g/mol. The number of hydrogen-bond acceptors (Lipinski definition) is 2. The van der Waals surface area contributed by atoms with Gasteiger partial charge in [-0.15, -0.1) is 0 Å². The van der Waals surface area contributed by atoms with Crippen molar-refractivity contribution in [2.75, 3.05) is 0 Å². The van der Waals surface area contributed by atoms with Gasteiger partial charge in [0.1, 0.15) is 0 Å². The first-order chi connectivity index (χ1) is 8.75. The monoisotopic (exact) mass is 236 g/mol. The van der Waals surface area contributed by atoms with E-state index in [-0.39, 0.29) is 5.56 Å². The fraction of sp³-hybridized carbons (Fsp3) is 0.0667. The lowest BCUT2D eigenvalue weighted by atomic mass is 10.0. The number of fused-ring (bicyclic) bond motifs is 1. The number of benzene rings is 1. The van der Waals surface area contributed by atoms with E-state index in [1.807, 2.05) is 43.3 Å². The molecule has 0 radical (unpaired) electrons. The minimum absolute atomic E-state index is 0.0443. The predicted octanol–water partition coefficient (Wildman–Crippen LogP) is 2.90. The molecule has 0 atom stereocenters. The van der Waals surface area contributed by atoms with Gasteiger partial charge in [0.2, 0.25) is 0 Å². The molecule has 88 valence electrons. The van der Waals surface area contributed by atoms with E-state index in [1.54, 1.807) is 12.4 Å². The molecule has 0 aliphatic heterocycles. The van der Waals surface area contributed by atoms with Crippen LogP contribution in [-0.2, 0) is 0 Å². The topological polar surface area (TPSA) is 45.8 Å². The van der Waals surface area contributed by atoms with Crippen molar-refractivity contribution in [3.05, 3.63) is 64.7 Å². The van der Waals surface area contributed by atoms with Crippen LogP contribution in [0.2, 0.25) is 0 Å². The summed E-state index contributed by atoms with van der Waals surface area (Å²) < 4.78 is 0. The molecular formula is C15H12N2O. The van der Waals surface area contributed by atoms with Crippen LogP contribution in [0.5, 0.6) is 0 Å². The van der Waals surface area contributed by atoms with Crippen molar-refractivity contribution in [1.82, 2.24) is 9.97 Å². The number of H-pyrrole nitrogens is 1. The first kappa shape index (κ1) is 10.7. The Kier molecular flexibility index (Phi) is 2.45. The summed E-state index contributed by atoms with van der Waals surface area (Å²) in [7, 11) is 0. The second kappa shape index (κ2) is 4.11. The summed E-state index contributed by atoms with van der Waals surface area (Å²) in [4.78, 5) is 18.5. The summed E-state index contributed by atoms with van der Waals surface area (Å²) in [6.45, 7) is 1.81. The molecule has 2 aromatic heterocycles. The minimum atomic E-state index is -0.0443. The van der Waals surface area contributed by atoms with Gasteiger partial charge in [0.05, 0.1) is 5.52 Å². The molecule has 0 aliphatic rings. The minimum Gasteiger partial charge on any atom is -0.328 e. The highest BCUT2D eigenvalue weighted by molar-refractivity contribution is 5.94. The van der Waals surface area contributed by atoms with Crippen molar-refractivity contribution in [3.63, 3.8) is 0 Å². The molecule has 3 heteroatoms. The molecule has 3 nitrogen and oxygen atoms in total. The third-order valence-electron chi connectivity index (χ3n) is 3.05. The maximum absolute atomic E-state index is 11.4. The number of rotatable bonds is 1. The van der Waals surface area contributed by atoms with Crippen LogP contribution >= 0.6 is 0 Å². The maximum Gasteiger partial charge on any atom is 0.250 e. The molecule has 3 aromatic rings. The first-order valence-corrected chi connectivity index (χ1v) is 5.79. The second-order valence-electron chi connectivity index (χ2n) is 4.28. The van der Waals surface area contributed by atoms with Gasteiger partial charge in [-0.25, -0.2) is 0 Å². The first-order valence-electron chi connectivity index (χ1n) is 5.79. The molecule has 0 bridgehead atoms. The summed E-state index contributed by atoms with van der Waals surface area (Å²) in [6.07, 6.45) is 3.54. The van der Waals surface area contributed by atoms with Gasteiger partial charge in [0, 0.05) is 23.3 Å². The van der Waals surface area contributed by atoms with E-state index in [2.05, 4.69) is 9.97 Å². The Balaban J connectivity index is 2.31. The van der Waals surface area contributed by atoms with Crippen molar-refractivity contribution in [1.29, 1.82) is 0 Å². The molecule has 0 aliphatic carbocycles. The molecule has 1 aromatic carbocycles. The number of nitrogens with zero attached hydrogens (tertiary/aromatic N) is 1. The number of pyridine rings is 2. The highest BCUT2D eigenvalue weighted by Gasteiger charge is 2.05. The molecule has 0 saturated heterocycles. The Hall–Kier alpha value is -2.42. The van der Waals surface area contributed by atoms with E-state index in [9.17, 15) is 4.79 Å². The van der Waals surface area contributed by atoms with Crippen LogP contribution in [0.4, 0.5) is 0 Å². The molecule has 3 rings (SSSR count). The molecule has 1 N–H and O–H groups in total. The molecule has 0 saturated carbocycles. The van der Waals surface area contributed by atoms with Crippen LogP contribution < -0.4 is 5.56 Å². The zero-order valence-electron chi connectivity index (χ0n) is 9.97. The predicted molar refractivity (Wildman–Crippen MR) is 72.5 cm³/mol. The van der Waals surface area contributed by atoms with Crippen LogP contribution in [0.15, 0.2) is 53.6 Å². The summed E-state index contributed by atoms with van der Waals surface area (Å²) >= 11 is 0. The highest BCUT2D eigenvalue weighted by Crippen LogP contribution is 2.26. The van der Waals surface area contributed by atoms with Crippen LogP contribution in [0.25, 0.3) is 22.0 Å². The van der Waals surface area contributed by atoms with Gasteiger partial charge in [0.25, 0.3) is 5.56 Å². The smallest absolute Gasteiger partial charge is 0.250 e. The van der Waals surface area contributed by atoms with Gasteiger partial charge >= 0.3 is 0 Å². The Morgan fingerprint density at radius 1 is 1.17 bits per heavy atom. The number of aromatic nitrogens is 2. The second-order valence-corrected chi connectivity index (χ2v) is 4.28. The van der Waals surface area contributed by atoms with Crippen LogP contribution in [0.1, 0.15) is 5.56 Å². The fourth-order valence-electron chi connectivity index (χ4n) is 2.10. The number of para-hydroxylation sites is 1. The third-order valence-corrected chi connectivity index (χ3v) is 3.05.